The van der Waals surface area contributed by atoms with Crippen molar-refractivity contribution in [2.24, 2.45) is 0 Å². The number of nitrogens with zero attached hydrogens (tertiary/aromatic N) is 1. The number of thiophene rings is 1. The van der Waals surface area contributed by atoms with Gasteiger partial charge < -0.3 is 0 Å². The molecule has 0 saturated carbocycles. The molecule has 0 amide bonds. The molecule has 1 aliphatic heterocycles. The molecule has 1 saturated heterocycles. The number of likely N-dealkylation sites (N-methyl/N-ethyl adjacent to an activating group) is 1. The molecule has 1 fully saturated rings. The molecule has 1 aromatic heterocycles. The topological polar surface area (TPSA) is 20.3 Å². The molecule has 0 N–H and O–H groups in total. The summed E-state index contributed by atoms with van der Waals surface area (Å²) in [6.07, 6.45) is 0. The van der Waals surface area contributed by atoms with Crippen molar-refractivity contribution in [1.29, 1.82) is 0 Å². The van der Waals surface area contributed by atoms with Gasteiger partial charge in [-0.05, 0) is 36.2 Å². The number of rotatable bonds is 2. The number of Topliss-reactive ketones (excluding diaryl/α,β-unsaturated/α-hetero) is 1. The van der Waals surface area contributed by atoms with Crippen LogP contribution in [0.3, 0.4) is 0 Å². The second-order valence-electron chi connectivity index (χ2n) is 4.47. The number of ketones is 1. The summed E-state index contributed by atoms with van der Waals surface area (Å²) in [7, 11) is 1.98. The molecule has 0 spiro atoms. The van der Waals surface area contributed by atoms with E-state index in [2.05, 4.69) is 4.90 Å². The lowest BCUT2D eigenvalue weighted by atomic mass is 9.76. The molecule has 4 heteroatoms. The van der Waals surface area contributed by atoms with Crippen LogP contribution < -0.4 is 0 Å². The van der Waals surface area contributed by atoms with Crippen molar-refractivity contribution < 1.29 is 4.79 Å². The van der Waals surface area contributed by atoms with Crippen molar-refractivity contribution in [3.63, 3.8) is 0 Å². The molecular weight excluding hydrogens is 266 g/mol. The van der Waals surface area contributed by atoms with Gasteiger partial charge >= 0.3 is 0 Å². The minimum atomic E-state index is -0.598. The average Bonchev–Trinajstić information content (AvgIpc) is 2.86. The fraction of sp³-hybridized carbons (Fsp3) is 0.214. The minimum Gasteiger partial charge on any atom is -0.295 e. The first-order valence-electron chi connectivity index (χ1n) is 5.70. The average molecular weight is 278 g/mol. The number of benzene rings is 1. The highest BCUT2D eigenvalue weighted by Gasteiger charge is 2.54. The van der Waals surface area contributed by atoms with Gasteiger partial charge in [0.2, 0.25) is 0 Å². The third kappa shape index (κ3) is 1.48. The van der Waals surface area contributed by atoms with Gasteiger partial charge in [0.25, 0.3) is 0 Å². The van der Waals surface area contributed by atoms with Gasteiger partial charge in [-0.1, -0.05) is 29.8 Å². The van der Waals surface area contributed by atoms with Crippen LogP contribution in [0.1, 0.15) is 10.4 Å². The Labute approximate surface area is 115 Å². The molecule has 2 aromatic rings. The summed E-state index contributed by atoms with van der Waals surface area (Å²) in [6, 6.07) is 11.6. The Hall–Kier alpha value is -1.16. The largest absolute Gasteiger partial charge is 0.295 e. The molecule has 1 aromatic carbocycles. The monoisotopic (exact) mass is 277 g/mol. The lowest BCUT2D eigenvalue weighted by Gasteiger charge is -2.48. The molecule has 0 bridgehead atoms. The summed E-state index contributed by atoms with van der Waals surface area (Å²) < 4.78 is 0. The fourth-order valence-corrected chi connectivity index (χ4v) is 3.74. The van der Waals surface area contributed by atoms with Crippen LogP contribution in [0, 0.1) is 0 Å². The van der Waals surface area contributed by atoms with E-state index in [0.717, 1.165) is 10.4 Å². The quantitative estimate of drug-likeness (QED) is 0.840. The van der Waals surface area contributed by atoms with Gasteiger partial charge in [-0.2, -0.15) is 0 Å². The van der Waals surface area contributed by atoms with Crippen LogP contribution in [-0.2, 0) is 10.3 Å². The Morgan fingerprint density at radius 1 is 1.28 bits per heavy atom. The van der Waals surface area contributed by atoms with E-state index in [-0.39, 0.29) is 5.78 Å². The molecule has 92 valence electrons. The number of halogens is 1. The van der Waals surface area contributed by atoms with Crippen LogP contribution in [-0.4, -0.2) is 24.3 Å². The summed E-state index contributed by atoms with van der Waals surface area (Å²) in [5.41, 5.74) is 0.395. The Morgan fingerprint density at radius 3 is 2.50 bits per heavy atom. The summed E-state index contributed by atoms with van der Waals surface area (Å²) in [4.78, 5) is 15.4. The summed E-state index contributed by atoms with van der Waals surface area (Å²) in [5, 5.41) is 2.70. The van der Waals surface area contributed by atoms with E-state index in [9.17, 15) is 4.79 Å². The molecular formula is C14H12ClNOS. The molecule has 0 radical (unpaired) electrons. The van der Waals surface area contributed by atoms with Crippen molar-refractivity contribution in [3.05, 3.63) is 57.2 Å². The van der Waals surface area contributed by atoms with Gasteiger partial charge in [-0.25, -0.2) is 0 Å². The predicted molar refractivity (Wildman–Crippen MR) is 74.2 cm³/mol. The van der Waals surface area contributed by atoms with E-state index in [1.54, 1.807) is 11.3 Å². The first-order valence-corrected chi connectivity index (χ1v) is 6.96. The van der Waals surface area contributed by atoms with Gasteiger partial charge in [0.05, 0.1) is 6.54 Å². The van der Waals surface area contributed by atoms with Gasteiger partial charge in [0.1, 0.15) is 5.54 Å². The second-order valence-corrected chi connectivity index (χ2v) is 5.86. The number of likely N-dealkylation sites (tertiary alicyclic amines) is 1. The first kappa shape index (κ1) is 11.9. The van der Waals surface area contributed by atoms with E-state index >= 15 is 0 Å². The molecule has 2 heterocycles. The molecule has 1 aliphatic rings. The summed E-state index contributed by atoms with van der Waals surface area (Å²) >= 11 is 7.54. The maximum absolute atomic E-state index is 12.3. The third-order valence-electron chi connectivity index (χ3n) is 3.50. The van der Waals surface area contributed by atoms with Crippen LogP contribution in [0.5, 0.6) is 0 Å². The van der Waals surface area contributed by atoms with Crippen LogP contribution in [0.4, 0.5) is 0 Å². The van der Waals surface area contributed by atoms with Crippen molar-refractivity contribution in [1.82, 2.24) is 4.90 Å². The number of carbonyl (C=O) groups is 1. The zero-order chi connectivity index (χ0) is 12.8. The highest BCUT2D eigenvalue weighted by atomic mass is 35.5. The van der Waals surface area contributed by atoms with Crippen molar-refractivity contribution in [3.8, 4) is 0 Å². The maximum atomic E-state index is 12.3. The molecule has 1 atom stereocenters. The first-order chi connectivity index (χ1) is 8.65. The van der Waals surface area contributed by atoms with Gasteiger partial charge in [0.15, 0.2) is 5.78 Å². The van der Waals surface area contributed by atoms with E-state index < -0.39 is 5.54 Å². The maximum Gasteiger partial charge on any atom is 0.177 e. The predicted octanol–water partition coefficient (Wildman–Crippen LogP) is 3.16. The lowest BCUT2D eigenvalue weighted by molar-refractivity contribution is -0.142. The smallest absolute Gasteiger partial charge is 0.177 e. The number of carbonyl (C=O) groups excluding carboxylic acids is 1. The minimum absolute atomic E-state index is 0.245. The molecule has 1 unspecified atom stereocenters. The van der Waals surface area contributed by atoms with Gasteiger partial charge in [-0.3, -0.25) is 9.69 Å². The second kappa shape index (κ2) is 4.19. The molecule has 3 rings (SSSR count). The normalized spacial score (nSPS) is 24.0. The van der Waals surface area contributed by atoms with E-state index in [0.29, 0.717) is 11.6 Å². The van der Waals surface area contributed by atoms with Gasteiger partial charge in [-0.15, -0.1) is 11.3 Å². The summed E-state index contributed by atoms with van der Waals surface area (Å²) in [6.45, 7) is 0.501. The zero-order valence-electron chi connectivity index (χ0n) is 9.89. The van der Waals surface area contributed by atoms with Gasteiger partial charge in [0, 0.05) is 9.90 Å². The van der Waals surface area contributed by atoms with Crippen molar-refractivity contribution >= 4 is 28.7 Å². The lowest BCUT2D eigenvalue weighted by Crippen LogP contribution is -2.64. The molecule has 0 aliphatic carbocycles. The van der Waals surface area contributed by atoms with Crippen molar-refractivity contribution in [2.45, 2.75) is 5.54 Å². The highest BCUT2D eigenvalue weighted by molar-refractivity contribution is 7.10. The van der Waals surface area contributed by atoms with Crippen LogP contribution in [0.25, 0.3) is 0 Å². The Balaban J connectivity index is 2.18. The van der Waals surface area contributed by atoms with Crippen LogP contribution in [0.2, 0.25) is 5.02 Å². The van der Waals surface area contributed by atoms with E-state index in [4.69, 9.17) is 11.6 Å². The number of hydrogen-bond acceptors (Lipinski definition) is 3. The Bertz CT molecular complexity index is 578. The summed E-state index contributed by atoms with van der Waals surface area (Å²) in [5.74, 6) is 0.245. The SMILES string of the molecule is CN1CC(=O)C1(c1ccc(Cl)cc1)c1cccs1. The Morgan fingerprint density at radius 2 is 2.00 bits per heavy atom. The zero-order valence-corrected chi connectivity index (χ0v) is 11.5. The van der Waals surface area contributed by atoms with E-state index in [1.165, 1.54) is 0 Å². The molecule has 2 nitrogen and oxygen atoms in total. The van der Waals surface area contributed by atoms with E-state index in [1.807, 2.05) is 48.8 Å². The molecule has 18 heavy (non-hydrogen) atoms. The fourth-order valence-electron chi connectivity index (χ4n) is 2.59. The highest BCUT2D eigenvalue weighted by Crippen LogP contribution is 2.44. The standard InChI is InChI=1S/C14H12ClNOS/c1-16-9-12(17)14(16,13-3-2-8-18-13)10-4-6-11(15)7-5-10/h2-8H,9H2,1H3. The number of hydrogen-bond donors (Lipinski definition) is 0. The third-order valence-corrected chi connectivity index (χ3v) is 4.73. The van der Waals surface area contributed by atoms with Crippen LogP contribution in [0.15, 0.2) is 41.8 Å². The van der Waals surface area contributed by atoms with Crippen LogP contribution >= 0.6 is 22.9 Å². The Kier molecular flexibility index (Phi) is 2.77. The van der Waals surface area contributed by atoms with Crippen molar-refractivity contribution in [2.75, 3.05) is 13.6 Å².